The van der Waals surface area contributed by atoms with Gasteiger partial charge in [0.25, 0.3) is 0 Å². The van der Waals surface area contributed by atoms with E-state index >= 15 is 0 Å². The SMILES string of the molecule is CCc1oc2ccccc2c(=O)c1C(=O)/C=C/c1ccccc1. The van der Waals surface area contributed by atoms with Gasteiger partial charge in [0.1, 0.15) is 16.9 Å². The Morgan fingerprint density at radius 1 is 1.04 bits per heavy atom. The molecule has 0 bridgehead atoms. The van der Waals surface area contributed by atoms with E-state index in [4.69, 9.17) is 4.42 Å². The van der Waals surface area contributed by atoms with Crippen LogP contribution in [0.15, 0.2) is 69.9 Å². The number of hydrogen-bond acceptors (Lipinski definition) is 3. The van der Waals surface area contributed by atoms with Gasteiger partial charge in [-0.3, -0.25) is 9.59 Å². The molecule has 1 aromatic heterocycles. The van der Waals surface area contributed by atoms with Gasteiger partial charge in [-0.1, -0.05) is 55.5 Å². The lowest BCUT2D eigenvalue weighted by Gasteiger charge is -2.05. The maximum absolute atomic E-state index is 12.6. The Morgan fingerprint density at radius 2 is 1.74 bits per heavy atom. The largest absolute Gasteiger partial charge is 0.460 e. The number of allylic oxidation sites excluding steroid dienone is 1. The number of carbonyl (C=O) groups is 1. The summed E-state index contributed by atoms with van der Waals surface area (Å²) in [6.07, 6.45) is 3.62. The molecule has 0 spiro atoms. The smallest absolute Gasteiger partial charge is 0.204 e. The minimum Gasteiger partial charge on any atom is -0.460 e. The maximum Gasteiger partial charge on any atom is 0.204 e. The molecule has 3 aromatic rings. The molecule has 0 saturated carbocycles. The van der Waals surface area contributed by atoms with Gasteiger partial charge in [-0.05, 0) is 23.8 Å². The van der Waals surface area contributed by atoms with Crippen LogP contribution in [0.5, 0.6) is 0 Å². The van der Waals surface area contributed by atoms with Gasteiger partial charge in [0.2, 0.25) is 5.43 Å². The third-order valence-electron chi connectivity index (χ3n) is 3.66. The number of rotatable bonds is 4. The zero-order valence-electron chi connectivity index (χ0n) is 12.8. The van der Waals surface area contributed by atoms with Crippen LogP contribution in [0.1, 0.15) is 28.6 Å². The first-order valence-electron chi connectivity index (χ1n) is 7.53. The first kappa shape index (κ1) is 15.0. The zero-order valence-corrected chi connectivity index (χ0v) is 12.8. The summed E-state index contributed by atoms with van der Waals surface area (Å²) in [6, 6.07) is 16.5. The van der Waals surface area contributed by atoms with Crippen LogP contribution in [0.2, 0.25) is 0 Å². The second kappa shape index (κ2) is 6.44. The topological polar surface area (TPSA) is 47.3 Å². The quantitative estimate of drug-likeness (QED) is 0.534. The van der Waals surface area contributed by atoms with Crippen LogP contribution < -0.4 is 5.43 Å². The number of aryl methyl sites for hydroxylation is 1. The van der Waals surface area contributed by atoms with Gasteiger partial charge in [0.15, 0.2) is 5.78 Å². The molecule has 0 aliphatic carbocycles. The van der Waals surface area contributed by atoms with E-state index in [-0.39, 0.29) is 16.8 Å². The van der Waals surface area contributed by atoms with Crippen molar-refractivity contribution in [3.63, 3.8) is 0 Å². The van der Waals surface area contributed by atoms with E-state index < -0.39 is 0 Å². The van der Waals surface area contributed by atoms with Crippen molar-refractivity contribution in [2.45, 2.75) is 13.3 Å². The van der Waals surface area contributed by atoms with Gasteiger partial charge >= 0.3 is 0 Å². The Labute approximate surface area is 133 Å². The zero-order chi connectivity index (χ0) is 16.2. The molecule has 0 saturated heterocycles. The van der Waals surface area contributed by atoms with Crippen molar-refractivity contribution in [3.05, 3.63) is 87.8 Å². The van der Waals surface area contributed by atoms with Gasteiger partial charge in [-0.25, -0.2) is 0 Å². The molecule has 0 aliphatic heterocycles. The van der Waals surface area contributed by atoms with Gasteiger partial charge in [0, 0.05) is 6.42 Å². The van der Waals surface area contributed by atoms with Crippen LogP contribution >= 0.6 is 0 Å². The molecule has 3 heteroatoms. The predicted molar refractivity (Wildman–Crippen MR) is 91.7 cm³/mol. The molecule has 0 fully saturated rings. The van der Waals surface area contributed by atoms with Crippen molar-refractivity contribution in [2.75, 3.05) is 0 Å². The van der Waals surface area contributed by atoms with E-state index in [0.717, 1.165) is 5.56 Å². The predicted octanol–water partition coefficient (Wildman–Crippen LogP) is 4.25. The molecule has 1 heterocycles. The van der Waals surface area contributed by atoms with Gasteiger partial charge in [0.05, 0.1) is 5.39 Å². The second-order valence-electron chi connectivity index (χ2n) is 5.19. The second-order valence-corrected chi connectivity index (χ2v) is 5.19. The fourth-order valence-electron chi connectivity index (χ4n) is 2.51. The highest BCUT2D eigenvalue weighted by molar-refractivity contribution is 6.08. The normalized spacial score (nSPS) is 11.2. The minimum absolute atomic E-state index is 0.124. The third-order valence-corrected chi connectivity index (χ3v) is 3.66. The average molecular weight is 304 g/mol. The number of carbonyl (C=O) groups excluding carboxylic acids is 1. The van der Waals surface area contributed by atoms with E-state index in [9.17, 15) is 9.59 Å². The molecule has 2 aromatic carbocycles. The van der Waals surface area contributed by atoms with Gasteiger partial charge in [-0.2, -0.15) is 0 Å². The van der Waals surface area contributed by atoms with Crippen LogP contribution in [-0.4, -0.2) is 5.78 Å². The van der Waals surface area contributed by atoms with Crippen molar-refractivity contribution in [2.24, 2.45) is 0 Å². The molecule has 0 amide bonds. The number of para-hydroxylation sites is 1. The highest BCUT2D eigenvalue weighted by Crippen LogP contribution is 2.17. The van der Waals surface area contributed by atoms with Crippen LogP contribution in [0.3, 0.4) is 0 Å². The standard InChI is InChI=1S/C20H16O3/c1-2-17-19(16(21)13-12-14-8-4-3-5-9-14)20(22)15-10-6-7-11-18(15)23-17/h3-13H,2H2,1H3/b13-12+. The Kier molecular flexibility index (Phi) is 4.20. The van der Waals surface area contributed by atoms with Gasteiger partial charge < -0.3 is 4.42 Å². The molecule has 0 N–H and O–H groups in total. The maximum atomic E-state index is 12.6. The Morgan fingerprint density at radius 3 is 2.48 bits per heavy atom. The van der Waals surface area contributed by atoms with Crippen LogP contribution in [0.25, 0.3) is 17.0 Å². The highest BCUT2D eigenvalue weighted by atomic mass is 16.3. The first-order chi connectivity index (χ1) is 11.2. The van der Waals surface area contributed by atoms with Crippen molar-refractivity contribution in [1.29, 1.82) is 0 Å². The Balaban J connectivity index is 2.08. The van der Waals surface area contributed by atoms with E-state index in [2.05, 4.69) is 0 Å². The average Bonchev–Trinajstić information content (AvgIpc) is 2.60. The van der Waals surface area contributed by atoms with Crippen molar-refractivity contribution in [1.82, 2.24) is 0 Å². The molecule has 3 nitrogen and oxygen atoms in total. The summed E-state index contributed by atoms with van der Waals surface area (Å²) < 4.78 is 5.74. The summed E-state index contributed by atoms with van der Waals surface area (Å²) in [4.78, 5) is 25.2. The summed E-state index contributed by atoms with van der Waals surface area (Å²) in [5, 5.41) is 0.432. The van der Waals surface area contributed by atoms with Crippen molar-refractivity contribution >= 4 is 22.8 Å². The van der Waals surface area contributed by atoms with Crippen molar-refractivity contribution < 1.29 is 9.21 Å². The molecular formula is C20H16O3. The summed E-state index contributed by atoms with van der Waals surface area (Å²) in [6.45, 7) is 1.87. The highest BCUT2D eigenvalue weighted by Gasteiger charge is 2.17. The van der Waals surface area contributed by atoms with Gasteiger partial charge in [-0.15, -0.1) is 0 Å². The molecular weight excluding hydrogens is 288 g/mol. The fourth-order valence-corrected chi connectivity index (χ4v) is 2.51. The van der Waals surface area contributed by atoms with E-state index in [1.165, 1.54) is 6.08 Å². The monoisotopic (exact) mass is 304 g/mol. The summed E-state index contributed by atoms with van der Waals surface area (Å²) in [7, 11) is 0. The lowest BCUT2D eigenvalue weighted by Crippen LogP contribution is -2.17. The molecule has 0 unspecified atom stereocenters. The van der Waals surface area contributed by atoms with Crippen LogP contribution in [-0.2, 0) is 6.42 Å². The Hall–Kier alpha value is -2.94. The molecule has 0 aliphatic rings. The summed E-state index contributed by atoms with van der Waals surface area (Å²) in [5.41, 5.74) is 1.27. The Bertz CT molecular complexity index is 934. The number of ketones is 1. The molecule has 0 atom stereocenters. The number of hydrogen-bond donors (Lipinski definition) is 0. The number of benzene rings is 2. The molecule has 114 valence electrons. The lowest BCUT2D eigenvalue weighted by atomic mass is 10.0. The third kappa shape index (κ3) is 2.99. The molecule has 23 heavy (non-hydrogen) atoms. The van der Waals surface area contributed by atoms with E-state index in [1.54, 1.807) is 24.3 Å². The molecule has 0 radical (unpaired) electrons. The first-order valence-corrected chi connectivity index (χ1v) is 7.53. The van der Waals surface area contributed by atoms with Crippen LogP contribution in [0, 0.1) is 0 Å². The number of fused-ring (bicyclic) bond motifs is 1. The molecule has 3 rings (SSSR count). The van der Waals surface area contributed by atoms with Crippen molar-refractivity contribution in [3.8, 4) is 0 Å². The lowest BCUT2D eigenvalue weighted by molar-refractivity contribution is 0.104. The fraction of sp³-hybridized carbons (Fsp3) is 0.100. The van der Waals surface area contributed by atoms with Crippen LogP contribution in [0.4, 0.5) is 0 Å². The minimum atomic E-state index is -0.329. The summed E-state index contributed by atoms with van der Waals surface area (Å²) >= 11 is 0. The van der Waals surface area contributed by atoms with E-state index in [0.29, 0.717) is 23.2 Å². The summed E-state index contributed by atoms with van der Waals surface area (Å²) in [5.74, 6) is 0.0987. The van der Waals surface area contributed by atoms with E-state index in [1.807, 2.05) is 43.3 Å².